The van der Waals surface area contributed by atoms with Gasteiger partial charge in [-0.15, -0.1) is 0 Å². The Bertz CT molecular complexity index is 1280. The lowest BCUT2D eigenvalue weighted by Crippen LogP contribution is -2.43. The van der Waals surface area contributed by atoms with Gasteiger partial charge in [-0.05, 0) is 47.4 Å². The van der Waals surface area contributed by atoms with Gasteiger partial charge in [0.15, 0.2) is 5.78 Å². The second-order valence-electron chi connectivity index (χ2n) is 8.98. The van der Waals surface area contributed by atoms with E-state index in [9.17, 15) is 9.59 Å². The number of hydrogen-bond donors (Lipinski definition) is 0. The van der Waals surface area contributed by atoms with Crippen LogP contribution in [0.1, 0.15) is 24.0 Å². The van der Waals surface area contributed by atoms with Gasteiger partial charge in [0.25, 0.3) is 0 Å². The van der Waals surface area contributed by atoms with Crippen LogP contribution in [-0.4, -0.2) is 36.2 Å². The maximum absolute atomic E-state index is 13.4. The highest BCUT2D eigenvalue weighted by Gasteiger charge is 2.32. The molecule has 2 aliphatic rings. The predicted octanol–water partition coefficient (Wildman–Crippen LogP) is 6.20. The van der Waals surface area contributed by atoms with Crippen LogP contribution in [0.3, 0.4) is 0 Å². The lowest BCUT2D eigenvalue weighted by molar-refractivity contribution is -0.129. The highest BCUT2D eigenvalue weighted by Crippen LogP contribution is 2.31. The Morgan fingerprint density at radius 2 is 1.63 bits per heavy atom. The Morgan fingerprint density at radius 1 is 0.914 bits per heavy atom. The summed E-state index contributed by atoms with van der Waals surface area (Å²) >= 11 is 3.48. The van der Waals surface area contributed by atoms with E-state index in [1.807, 2.05) is 60.7 Å². The second-order valence-corrected chi connectivity index (χ2v) is 9.90. The third-order valence-electron chi connectivity index (χ3n) is 6.69. The molecular weight excluding hydrogens is 500 g/mol. The van der Waals surface area contributed by atoms with Gasteiger partial charge >= 0.3 is 0 Å². The van der Waals surface area contributed by atoms with Gasteiger partial charge < -0.3 is 9.80 Å². The zero-order valence-electron chi connectivity index (χ0n) is 19.4. The minimum absolute atomic E-state index is 0.0106. The molecule has 1 saturated heterocycles. The smallest absolute Gasteiger partial charge is 0.227 e. The van der Waals surface area contributed by atoms with Crippen molar-refractivity contribution in [2.75, 3.05) is 24.5 Å². The molecular formula is C30H27BrN2O2. The minimum atomic E-state index is -0.248. The lowest BCUT2D eigenvalue weighted by atomic mass is 9.90. The Hall–Kier alpha value is -3.44. The summed E-state index contributed by atoms with van der Waals surface area (Å²) in [5, 5.41) is 0. The first-order valence-corrected chi connectivity index (χ1v) is 12.7. The van der Waals surface area contributed by atoms with E-state index in [0.29, 0.717) is 26.1 Å². The molecule has 1 unspecified atom stereocenters. The molecule has 0 aliphatic carbocycles. The number of Topliss-reactive ketones (excluding diaryl/α,β-unsaturated/α-hetero) is 1. The van der Waals surface area contributed by atoms with Crippen LogP contribution in [0, 0.1) is 5.92 Å². The van der Waals surface area contributed by atoms with E-state index in [2.05, 4.69) is 57.2 Å². The molecule has 1 fully saturated rings. The van der Waals surface area contributed by atoms with E-state index in [1.165, 1.54) is 0 Å². The summed E-state index contributed by atoms with van der Waals surface area (Å²) in [7, 11) is 0. The number of carbonyl (C=O) groups is 2. The summed E-state index contributed by atoms with van der Waals surface area (Å²) in [6.45, 7) is 1.51. The van der Waals surface area contributed by atoms with Gasteiger partial charge in [-0.3, -0.25) is 9.59 Å². The summed E-state index contributed by atoms with van der Waals surface area (Å²) in [4.78, 5) is 30.2. The van der Waals surface area contributed by atoms with Crippen molar-refractivity contribution >= 4 is 44.6 Å². The molecule has 0 N–H and O–H groups in total. The molecule has 0 radical (unpaired) electrons. The number of halogens is 1. The standard InChI is InChI=1S/C30H27BrN2O2/c31-26-12-7-13-27(20-26)33-17-15-25(19-30(33)35)29(34)21-32-16-14-24(22-8-3-1-4-9-22)18-28(32)23-10-5-2-6-11-23/h1-14,18,20,25H,15-17,19,21H2. The summed E-state index contributed by atoms with van der Waals surface area (Å²) in [6, 6.07) is 28.3. The van der Waals surface area contributed by atoms with Crippen LogP contribution in [0.15, 0.2) is 102 Å². The summed E-state index contributed by atoms with van der Waals surface area (Å²) in [5.41, 5.74) is 5.32. The third-order valence-corrected chi connectivity index (χ3v) is 7.18. The fraction of sp³-hybridized carbons (Fsp3) is 0.200. The number of allylic oxidation sites excluding steroid dienone is 2. The van der Waals surface area contributed by atoms with Gasteiger partial charge in [-0.2, -0.15) is 0 Å². The van der Waals surface area contributed by atoms with Crippen LogP contribution in [0.4, 0.5) is 5.69 Å². The van der Waals surface area contributed by atoms with E-state index in [0.717, 1.165) is 32.6 Å². The molecule has 35 heavy (non-hydrogen) atoms. The quantitative estimate of drug-likeness (QED) is 0.383. The van der Waals surface area contributed by atoms with Gasteiger partial charge in [0.1, 0.15) is 0 Å². The maximum atomic E-state index is 13.4. The first kappa shape index (κ1) is 23.3. The fourth-order valence-electron chi connectivity index (χ4n) is 4.80. The summed E-state index contributed by atoms with van der Waals surface area (Å²) < 4.78 is 0.939. The molecule has 0 bridgehead atoms. The number of piperidine rings is 1. The van der Waals surface area contributed by atoms with Crippen LogP contribution < -0.4 is 4.90 Å². The highest BCUT2D eigenvalue weighted by atomic mass is 79.9. The van der Waals surface area contributed by atoms with Crippen molar-refractivity contribution in [3.8, 4) is 0 Å². The molecule has 2 aliphatic heterocycles. The largest absolute Gasteiger partial charge is 0.360 e. The van der Waals surface area contributed by atoms with Gasteiger partial charge in [-0.1, -0.05) is 88.7 Å². The van der Waals surface area contributed by atoms with E-state index in [1.54, 1.807) is 4.90 Å². The Balaban J connectivity index is 1.31. The zero-order valence-corrected chi connectivity index (χ0v) is 21.0. The van der Waals surface area contributed by atoms with Crippen molar-refractivity contribution in [3.63, 3.8) is 0 Å². The van der Waals surface area contributed by atoms with Crippen LogP contribution >= 0.6 is 15.9 Å². The van der Waals surface area contributed by atoms with Crippen molar-refractivity contribution in [3.05, 3.63) is 113 Å². The van der Waals surface area contributed by atoms with E-state index in [4.69, 9.17) is 0 Å². The summed E-state index contributed by atoms with van der Waals surface area (Å²) in [5.74, 6) is -0.107. The molecule has 5 heteroatoms. The molecule has 1 amide bonds. The van der Waals surface area contributed by atoms with Gasteiger partial charge in [-0.25, -0.2) is 0 Å². The van der Waals surface area contributed by atoms with Crippen LogP contribution in [0.25, 0.3) is 11.3 Å². The molecule has 0 saturated carbocycles. The summed E-state index contributed by atoms with van der Waals surface area (Å²) in [6.07, 6.45) is 5.29. The molecule has 4 nitrogen and oxygen atoms in total. The number of rotatable bonds is 6. The zero-order chi connectivity index (χ0) is 24.2. The van der Waals surface area contributed by atoms with Crippen LogP contribution in [0.2, 0.25) is 0 Å². The van der Waals surface area contributed by atoms with E-state index >= 15 is 0 Å². The van der Waals surface area contributed by atoms with E-state index < -0.39 is 0 Å². The molecule has 0 aromatic heterocycles. The monoisotopic (exact) mass is 526 g/mol. The first-order chi connectivity index (χ1) is 17.1. The third kappa shape index (κ3) is 5.30. The molecule has 5 rings (SSSR count). The number of ketones is 1. The molecule has 2 heterocycles. The number of benzene rings is 3. The molecule has 0 spiro atoms. The van der Waals surface area contributed by atoms with Gasteiger partial charge in [0.2, 0.25) is 5.91 Å². The van der Waals surface area contributed by atoms with Crippen LogP contribution in [-0.2, 0) is 9.59 Å². The van der Waals surface area contributed by atoms with Gasteiger partial charge in [0, 0.05) is 41.3 Å². The predicted molar refractivity (Wildman–Crippen MR) is 145 cm³/mol. The molecule has 3 aromatic rings. The van der Waals surface area contributed by atoms with Gasteiger partial charge in [0.05, 0.1) is 6.54 Å². The topological polar surface area (TPSA) is 40.6 Å². The average molecular weight is 527 g/mol. The number of hydrogen-bond acceptors (Lipinski definition) is 3. The minimum Gasteiger partial charge on any atom is -0.360 e. The van der Waals surface area contributed by atoms with Crippen molar-refractivity contribution in [1.29, 1.82) is 0 Å². The lowest BCUT2D eigenvalue weighted by Gasteiger charge is -2.34. The van der Waals surface area contributed by atoms with Crippen molar-refractivity contribution in [1.82, 2.24) is 4.90 Å². The Morgan fingerprint density at radius 3 is 2.31 bits per heavy atom. The molecule has 3 aromatic carbocycles. The molecule has 176 valence electrons. The number of carbonyl (C=O) groups excluding carboxylic acids is 2. The molecule has 1 atom stereocenters. The number of anilines is 1. The Labute approximate surface area is 214 Å². The van der Waals surface area contributed by atoms with Crippen molar-refractivity contribution < 1.29 is 9.59 Å². The van der Waals surface area contributed by atoms with Crippen molar-refractivity contribution in [2.45, 2.75) is 12.8 Å². The highest BCUT2D eigenvalue weighted by molar-refractivity contribution is 9.10. The maximum Gasteiger partial charge on any atom is 0.227 e. The first-order valence-electron chi connectivity index (χ1n) is 11.9. The SMILES string of the molecule is O=C(CN1CC=C(c2ccccc2)C=C1c1ccccc1)C1CCN(c2cccc(Br)c2)C(=O)C1. The average Bonchev–Trinajstić information content (AvgIpc) is 2.90. The number of amides is 1. The second kappa shape index (κ2) is 10.4. The number of nitrogens with zero attached hydrogens (tertiary/aromatic N) is 2. The van der Waals surface area contributed by atoms with Crippen LogP contribution in [0.5, 0.6) is 0 Å². The normalized spacial score (nSPS) is 18.2. The fourth-order valence-corrected chi connectivity index (χ4v) is 5.19. The Kier molecular flexibility index (Phi) is 6.96. The van der Waals surface area contributed by atoms with Crippen molar-refractivity contribution in [2.24, 2.45) is 5.92 Å². The van der Waals surface area contributed by atoms with E-state index in [-0.39, 0.29) is 24.0 Å².